The molecule has 2 fully saturated rings. The fourth-order valence-electron chi connectivity index (χ4n) is 4.39. The van der Waals surface area contributed by atoms with Gasteiger partial charge in [-0.05, 0) is 45.6 Å². The molecule has 3 heteroatoms. The molecule has 0 spiro atoms. The van der Waals surface area contributed by atoms with Crippen LogP contribution in [0.2, 0.25) is 0 Å². The second-order valence-corrected chi connectivity index (χ2v) is 7.36. The van der Waals surface area contributed by atoms with E-state index in [0.29, 0.717) is 6.04 Å². The maximum atomic E-state index is 3.77. The Morgan fingerprint density at radius 2 is 1.76 bits per heavy atom. The molecule has 0 bridgehead atoms. The van der Waals surface area contributed by atoms with Crippen molar-refractivity contribution in [2.45, 2.75) is 77.9 Å². The van der Waals surface area contributed by atoms with Crippen molar-refractivity contribution in [3.8, 4) is 0 Å². The van der Waals surface area contributed by atoms with Crippen LogP contribution in [0.4, 0.5) is 0 Å². The molecule has 2 aliphatic rings. The van der Waals surface area contributed by atoms with Gasteiger partial charge < -0.3 is 5.32 Å². The molecule has 0 aromatic carbocycles. The SMILES string of the molecule is CCCC1CCC(NCC)C(N2CCN(C(C)C)CC2)C1. The number of likely N-dealkylation sites (N-methyl/N-ethyl adjacent to an activating group) is 1. The molecular formula is C18H37N3. The number of piperazine rings is 1. The molecule has 1 heterocycles. The third-order valence-electron chi connectivity index (χ3n) is 5.64. The molecule has 0 aromatic rings. The summed E-state index contributed by atoms with van der Waals surface area (Å²) < 4.78 is 0. The third-order valence-corrected chi connectivity index (χ3v) is 5.64. The van der Waals surface area contributed by atoms with Crippen molar-refractivity contribution < 1.29 is 0 Å². The zero-order chi connectivity index (χ0) is 15.2. The van der Waals surface area contributed by atoms with Crippen LogP contribution < -0.4 is 5.32 Å². The second-order valence-electron chi connectivity index (χ2n) is 7.36. The lowest BCUT2D eigenvalue weighted by molar-refractivity contribution is 0.0371. The highest BCUT2D eigenvalue weighted by Crippen LogP contribution is 2.31. The van der Waals surface area contributed by atoms with Gasteiger partial charge >= 0.3 is 0 Å². The van der Waals surface area contributed by atoms with Crippen LogP contribution in [0.3, 0.4) is 0 Å². The Hall–Kier alpha value is -0.120. The summed E-state index contributed by atoms with van der Waals surface area (Å²) in [5, 5.41) is 3.77. The Balaban J connectivity index is 1.92. The van der Waals surface area contributed by atoms with Crippen LogP contribution in [-0.4, -0.2) is 60.6 Å². The first-order chi connectivity index (χ1) is 10.2. The fraction of sp³-hybridized carbons (Fsp3) is 1.00. The normalized spacial score (nSPS) is 32.7. The van der Waals surface area contributed by atoms with Crippen LogP contribution >= 0.6 is 0 Å². The molecule has 3 atom stereocenters. The summed E-state index contributed by atoms with van der Waals surface area (Å²) in [6.07, 6.45) is 7.03. The van der Waals surface area contributed by atoms with E-state index in [1.165, 1.54) is 58.3 Å². The Bertz CT molecular complexity index is 284. The average Bonchev–Trinajstić information content (AvgIpc) is 2.49. The minimum atomic E-state index is 0.705. The number of rotatable bonds is 6. The van der Waals surface area contributed by atoms with Crippen LogP contribution in [0.25, 0.3) is 0 Å². The predicted octanol–water partition coefficient (Wildman–Crippen LogP) is 2.96. The zero-order valence-electron chi connectivity index (χ0n) is 14.8. The van der Waals surface area contributed by atoms with Gasteiger partial charge in [-0.15, -0.1) is 0 Å². The molecule has 1 saturated carbocycles. The van der Waals surface area contributed by atoms with Gasteiger partial charge in [0.25, 0.3) is 0 Å². The molecule has 21 heavy (non-hydrogen) atoms. The summed E-state index contributed by atoms with van der Waals surface area (Å²) in [6.45, 7) is 15.4. The molecule has 0 aromatic heterocycles. The molecule has 3 nitrogen and oxygen atoms in total. The summed E-state index contributed by atoms with van der Waals surface area (Å²) in [4.78, 5) is 5.43. The molecule has 124 valence electrons. The topological polar surface area (TPSA) is 18.5 Å². The van der Waals surface area contributed by atoms with Crippen molar-refractivity contribution in [1.29, 1.82) is 0 Å². The molecule has 0 radical (unpaired) electrons. The van der Waals surface area contributed by atoms with Crippen molar-refractivity contribution in [2.24, 2.45) is 5.92 Å². The van der Waals surface area contributed by atoms with Gasteiger partial charge in [-0.25, -0.2) is 0 Å². The second kappa shape index (κ2) is 8.50. The quantitative estimate of drug-likeness (QED) is 0.813. The van der Waals surface area contributed by atoms with Crippen molar-refractivity contribution in [2.75, 3.05) is 32.7 Å². The van der Waals surface area contributed by atoms with Gasteiger partial charge in [0.1, 0.15) is 0 Å². The lowest BCUT2D eigenvalue weighted by Crippen LogP contribution is -2.59. The molecule has 0 amide bonds. The summed E-state index contributed by atoms with van der Waals surface area (Å²) in [5.41, 5.74) is 0. The van der Waals surface area contributed by atoms with Gasteiger partial charge in [0.05, 0.1) is 0 Å². The first-order valence-corrected chi connectivity index (χ1v) is 9.37. The average molecular weight is 296 g/mol. The highest BCUT2D eigenvalue weighted by atomic mass is 15.3. The van der Waals surface area contributed by atoms with E-state index in [1.807, 2.05) is 0 Å². The molecule has 3 unspecified atom stereocenters. The first kappa shape index (κ1) is 17.2. The van der Waals surface area contributed by atoms with Gasteiger partial charge in [0.15, 0.2) is 0 Å². The number of nitrogens with zero attached hydrogens (tertiary/aromatic N) is 2. The summed E-state index contributed by atoms with van der Waals surface area (Å²) in [7, 11) is 0. The number of nitrogens with one attached hydrogen (secondary N) is 1. The van der Waals surface area contributed by atoms with E-state index in [-0.39, 0.29) is 0 Å². The molecule has 1 aliphatic carbocycles. The van der Waals surface area contributed by atoms with Crippen LogP contribution in [0.1, 0.15) is 59.8 Å². The Labute approximate surface area is 132 Å². The van der Waals surface area contributed by atoms with E-state index in [0.717, 1.165) is 24.5 Å². The Kier molecular flexibility index (Phi) is 6.97. The maximum Gasteiger partial charge on any atom is 0.0253 e. The minimum Gasteiger partial charge on any atom is -0.313 e. The van der Waals surface area contributed by atoms with Gasteiger partial charge in [-0.2, -0.15) is 0 Å². The molecule has 1 aliphatic heterocycles. The maximum absolute atomic E-state index is 3.77. The van der Waals surface area contributed by atoms with Gasteiger partial charge in [-0.3, -0.25) is 9.80 Å². The first-order valence-electron chi connectivity index (χ1n) is 9.37. The third kappa shape index (κ3) is 4.67. The molecular weight excluding hydrogens is 258 g/mol. The summed E-state index contributed by atoms with van der Waals surface area (Å²) in [5.74, 6) is 0.970. The van der Waals surface area contributed by atoms with Gasteiger partial charge in [0.2, 0.25) is 0 Å². The van der Waals surface area contributed by atoms with Gasteiger partial charge in [-0.1, -0.05) is 26.7 Å². The van der Waals surface area contributed by atoms with Crippen LogP contribution in [0.5, 0.6) is 0 Å². The van der Waals surface area contributed by atoms with Crippen LogP contribution in [0.15, 0.2) is 0 Å². The monoisotopic (exact) mass is 295 g/mol. The van der Waals surface area contributed by atoms with E-state index in [4.69, 9.17) is 0 Å². The fourth-order valence-corrected chi connectivity index (χ4v) is 4.39. The van der Waals surface area contributed by atoms with E-state index < -0.39 is 0 Å². The Morgan fingerprint density at radius 1 is 1.05 bits per heavy atom. The zero-order valence-corrected chi connectivity index (χ0v) is 14.8. The van der Waals surface area contributed by atoms with Crippen molar-refractivity contribution in [1.82, 2.24) is 15.1 Å². The molecule has 1 N–H and O–H groups in total. The van der Waals surface area contributed by atoms with Crippen molar-refractivity contribution >= 4 is 0 Å². The van der Waals surface area contributed by atoms with Crippen LogP contribution in [0, 0.1) is 5.92 Å². The number of hydrogen-bond acceptors (Lipinski definition) is 3. The highest BCUT2D eigenvalue weighted by Gasteiger charge is 2.35. The lowest BCUT2D eigenvalue weighted by atomic mass is 9.79. The van der Waals surface area contributed by atoms with E-state index in [2.05, 4.69) is 42.8 Å². The Morgan fingerprint density at radius 3 is 2.33 bits per heavy atom. The van der Waals surface area contributed by atoms with E-state index in [9.17, 15) is 0 Å². The standard InChI is InChI=1S/C18H37N3/c1-5-7-16-8-9-17(19-6-2)18(14-16)21-12-10-20(11-13-21)15(3)4/h15-19H,5-14H2,1-4H3. The number of hydrogen-bond donors (Lipinski definition) is 1. The largest absolute Gasteiger partial charge is 0.313 e. The summed E-state index contributed by atoms with van der Waals surface area (Å²) in [6, 6.07) is 2.22. The minimum absolute atomic E-state index is 0.705. The van der Waals surface area contributed by atoms with Crippen molar-refractivity contribution in [3.05, 3.63) is 0 Å². The van der Waals surface area contributed by atoms with E-state index in [1.54, 1.807) is 0 Å². The van der Waals surface area contributed by atoms with Crippen LogP contribution in [-0.2, 0) is 0 Å². The smallest absolute Gasteiger partial charge is 0.0253 e. The lowest BCUT2D eigenvalue weighted by Gasteiger charge is -2.47. The highest BCUT2D eigenvalue weighted by molar-refractivity contribution is 4.93. The van der Waals surface area contributed by atoms with E-state index >= 15 is 0 Å². The predicted molar refractivity (Wildman–Crippen MR) is 91.8 cm³/mol. The molecule has 2 rings (SSSR count). The summed E-state index contributed by atoms with van der Waals surface area (Å²) >= 11 is 0. The molecule has 1 saturated heterocycles. The van der Waals surface area contributed by atoms with Crippen molar-refractivity contribution in [3.63, 3.8) is 0 Å². The van der Waals surface area contributed by atoms with Gasteiger partial charge in [0, 0.05) is 44.3 Å².